The minimum absolute atomic E-state index is 0.106. The van der Waals surface area contributed by atoms with Crippen molar-refractivity contribution in [2.45, 2.75) is 17.7 Å². The molecular weight excluding hydrogens is 432 g/mol. The molecule has 0 radical (unpaired) electrons. The van der Waals surface area contributed by atoms with Gasteiger partial charge in [-0.05, 0) is 49.2 Å². The molecule has 3 rings (SSSR count). The van der Waals surface area contributed by atoms with Crippen molar-refractivity contribution in [3.63, 3.8) is 0 Å². The third-order valence-electron chi connectivity index (χ3n) is 4.34. The number of carbonyl (C=O) groups excluding carboxylic acids is 2. The number of amides is 1. The van der Waals surface area contributed by atoms with Gasteiger partial charge in [0.05, 0.1) is 4.90 Å². The molecule has 160 valence electrons. The van der Waals surface area contributed by atoms with Crippen molar-refractivity contribution in [3.8, 4) is 5.75 Å². The van der Waals surface area contributed by atoms with E-state index in [2.05, 4.69) is 5.32 Å². The maximum absolute atomic E-state index is 12.6. The van der Waals surface area contributed by atoms with Gasteiger partial charge < -0.3 is 14.8 Å². The van der Waals surface area contributed by atoms with Crippen molar-refractivity contribution in [1.82, 2.24) is 4.31 Å². The van der Waals surface area contributed by atoms with Crippen LogP contribution < -0.4 is 10.1 Å². The molecule has 1 amide bonds. The van der Waals surface area contributed by atoms with E-state index in [1.807, 2.05) is 0 Å². The molecule has 8 nitrogen and oxygen atoms in total. The van der Waals surface area contributed by atoms with Crippen LogP contribution in [0.25, 0.3) is 0 Å². The molecule has 1 saturated heterocycles. The Morgan fingerprint density at radius 2 is 1.77 bits per heavy atom. The normalized spacial score (nSPS) is 14.3. The summed E-state index contributed by atoms with van der Waals surface area (Å²) in [6.07, 6.45) is 1.67. The second kappa shape index (κ2) is 9.92. The monoisotopic (exact) mass is 452 g/mol. The van der Waals surface area contributed by atoms with Gasteiger partial charge >= 0.3 is 5.97 Å². The molecule has 1 N–H and O–H groups in total. The number of halogens is 1. The predicted molar refractivity (Wildman–Crippen MR) is 111 cm³/mol. The Morgan fingerprint density at radius 3 is 2.50 bits per heavy atom. The lowest BCUT2D eigenvalue weighted by atomic mass is 10.3. The maximum atomic E-state index is 12.6. The predicted octanol–water partition coefficient (Wildman–Crippen LogP) is 2.69. The van der Waals surface area contributed by atoms with Crippen molar-refractivity contribution in [2.24, 2.45) is 0 Å². The summed E-state index contributed by atoms with van der Waals surface area (Å²) in [7, 11) is -3.59. The van der Waals surface area contributed by atoms with Gasteiger partial charge in [-0.25, -0.2) is 13.2 Å². The summed E-state index contributed by atoms with van der Waals surface area (Å²) in [5.41, 5.74) is 0.298. The summed E-state index contributed by atoms with van der Waals surface area (Å²) in [5.74, 6) is -0.919. The van der Waals surface area contributed by atoms with Crippen molar-refractivity contribution in [3.05, 3.63) is 53.6 Å². The summed E-state index contributed by atoms with van der Waals surface area (Å²) in [4.78, 5) is 23.9. The highest BCUT2D eigenvalue weighted by atomic mass is 35.5. The quantitative estimate of drug-likeness (QED) is 0.618. The van der Waals surface area contributed by atoms with Gasteiger partial charge in [0, 0.05) is 23.8 Å². The Balaban J connectivity index is 1.49. The zero-order valence-corrected chi connectivity index (χ0v) is 17.6. The highest BCUT2D eigenvalue weighted by Crippen LogP contribution is 2.23. The van der Waals surface area contributed by atoms with E-state index in [-0.39, 0.29) is 11.5 Å². The number of esters is 1. The Hall–Kier alpha value is -2.62. The Kier molecular flexibility index (Phi) is 7.30. The molecule has 1 fully saturated rings. The van der Waals surface area contributed by atoms with Gasteiger partial charge in [0.1, 0.15) is 5.75 Å². The number of sulfonamides is 1. The SMILES string of the molecule is O=C(COC(=O)COc1cccc(Cl)c1)Nc1cccc(S(=O)(=O)N2CCCC2)c1. The average Bonchev–Trinajstić information content (AvgIpc) is 3.27. The van der Waals surface area contributed by atoms with E-state index in [4.69, 9.17) is 21.1 Å². The van der Waals surface area contributed by atoms with Gasteiger partial charge in [-0.1, -0.05) is 23.7 Å². The Morgan fingerprint density at radius 1 is 1.03 bits per heavy atom. The second-order valence-corrected chi connectivity index (χ2v) is 8.97. The highest BCUT2D eigenvalue weighted by Gasteiger charge is 2.27. The molecule has 30 heavy (non-hydrogen) atoms. The van der Waals surface area contributed by atoms with Gasteiger partial charge in [0.15, 0.2) is 13.2 Å². The van der Waals surface area contributed by atoms with Crippen LogP contribution in [0.5, 0.6) is 5.75 Å². The van der Waals surface area contributed by atoms with Crippen LogP contribution in [-0.4, -0.2) is 50.9 Å². The molecular formula is C20H21ClN2O6S. The van der Waals surface area contributed by atoms with E-state index in [1.54, 1.807) is 36.4 Å². The summed E-state index contributed by atoms with van der Waals surface area (Å²) in [6.45, 7) is 0.0796. The molecule has 2 aromatic carbocycles. The van der Waals surface area contributed by atoms with E-state index in [0.717, 1.165) is 12.8 Å². The van der Waals surface area contributed by atoms with E-state index >= 15 is 0 Å². The van der Waals surface area contributed by atoms with Crippen LogP contribution in [0.2, 0.25) is 5.02 Å². The Bertz CT molecular complexity index is 1020. The molecule has 1 aliphatic rings. The lowest BCUT2D eigenvalue weighted by Crippen LogP contribution is -2.28. The fourth-order valence-corrected chi connectivity index (χ4v) is 4.64. The topological polar surface area (TPSA) is 102 Å². The molecule has 0 atom stereocenters. The van der Waals surface area contributed by atoms with Gasteiger partial charge in [-0.3, -0.25) is 4.79 Å². The first kappa shape index (κ1) is 22.1. The van der Waals surface area contributed by atoms with Crippen LogP contribution in [0.3, 0.4) is 0 Å². The first-order valence-corrected chi connectivity index (χ1v) is 11.1. The summed E-state index contributed by atoms with van der Waals surface area (Å²) in [5, 5.41) is 2.99. The summed E-state index contributed by atoms with van der Waals surface area (Å²) in [6, 6.07) is 12.5. The number of anilines is 1. The number of rotatable bonds is 8. The first-order valence-electron chi connectivity index (χ1n) is 9.29. The number of carbonyl (C=O) groups is 2. The fourth-order valence-electron chi connectivity index (χ4n) is 2.90. The molecule has 0 unspecified atom stereocenters. The zero-order chi connectivity index (χ0) is 21.6. The fraction of sp³-hybridized carbons (Fsp3) is 0.300. The number of ether oxygens (including phenoxy) is 2. The van der Waals surface area contributed by atoms with Crippen LogP contribution in [0.4, 0.5) is 5.69 Å². The summed E-state index contributed by atoms with van der Waals surface area (Å²) < 4.78 is 36.8. The maximum Gasteiger partial charge on any atom is 0.344 e. The highest BCUT2D eigenvalue weighted by molar-refractivity contribution is 7.89. The van der Waals surface area contributed by atoms with Crippen LogP contribution in [0, 0.1) is 0 Å². The molecule has 1 heterocycles. The number of hydrogen-bond acceptors (Lipinski definition) is 6. The van der Waals surface area contributed by atoms with Crippen molar-refractivity contribution >= 4 is 39.2 Å². The van der Waals surface area contributed by atoms with Crippen LogP contribution in [0.1, 0.15) is 12.8 Å². The smallest absolute Gasteiger partial charge is 0.344 e. The van der Waals surface area contributed by atoms with E-state index in [1.165, 1.54) is 16.4 Å². The standard InChI is InChI=1S/C20H21ClN2O6S/c21-15-5-3-7-17(11-15)28-14-20(25)29-13-19(24)22-16-6-4-8-18(12-16)30(26,27)23-9-1-2-10-23/h3-8,11-12H,1-2,9-10,13-14H2,(H,22,24). The number of hydrogen-bond donors (Lipinski definition) is 1. The Labute approximate surface area is 179 Å². The van der Waals surface area contributed by atoms with E-state index in [9.17, 15) is 18.0 Å². The molecule has 0 bridgehead atoms. The lowest BCUT2D eigenvalue weighted by Gasteiger charge is -2.16. The van der Waals surface area contributed by atoms with Gasteiger partial charge in [-0.15, -0.1) is 0 Å². The summed E-state index contributed by atoms with van der Waals surface area (Å²) >= 11 is 5.83. The lowest BCUT2D eigenvalue weighted by molar-refractivity contribution is -0.149. The largest absolute Gasteiger partial charge is 0.482 e. The molecule has 2 aromatic rings. The van der Waals surface area contributed by atoms with Gasteiger partial charge in [0.2, 0.25) is 10.0 Å². The third kappa shape index (κ3) is 5.94. The van der Waals surface area contributed by atoms with Crippen molar-refractivity contribution < 1.29 is 27.5 Å². The minimum Gasteiger partial charge on any atom is -0.482 e. The van der Waals surface area contributed by atoms with Crippen molar-refractivity contribution in [2.75, 3.05) is 31.6 Å². The van der Waals surface area contributed by atoms with E-state index < -0.39 is 28.5 Å². The first-order chi connectivity index (χ1) is 14.3. The molecule has 0 spiro atoms. The second-order valence-electron chi connectivity index (χ2n) is 6.59. The van der Waals surface area contributed by atoms with Gasteiger partial charge in [0.25, 0.3) is 5.91 Å². The molecule has 1 aliphatic heterocycles. The zero-order valence-electron chi connectivity index (χ0n) is 16.0. The van der Waals surface area contributed by atoms with Crippen LogP contribution in [0.15, 0.2) is 53.4 Å². The third-order valence-corrected chi connectivity index (χ3v) is 6.47. The average molecular weight is 453 g/mol. The number of nitrogens with zero attached hydrogens (tertiary/aromatic N) is 1. The van der Waals surface area contributed by atoms with Crippen molar-refractivity contribution in [1.29, 1.82) is 0 Å². The van der Waals surface area contributed by atoms with Crippen LogP contribution in [-0.2, 0) is 24.3 Å². The minimum atomic E-state index is -3.59. The molecule has 10 heteroatoms. The molecule has 0 aromatic heterocycles. The van der Waals surface area contributed by atoms with E-state index in [0.29, 0.717) is 29.5 Å². The molecule has 0 saturated carbocycles. The van der Waals surface area contributed by atoms with Crippen LogP contribution >= 0.6 is 11.6 Å². The number of benzene rings is 2. The number of nitrogens with one attached hydrogen (secondary N) is 1. The molecule has 0 aliphatic carbocycles. The van der Waals surface area contributed by atoms with Gasteiger partial charge in [-0.2, -0.15) is 4.31 Å².